The highest BCUT2D eigenvalue weighted by atomic mass is 16.5. The van der Waals surface area contributed by atoms with Crippen molar-refractivity contribution in [1.82, 2.24) is 0 Å². The molecule has 1 rings (SSSR count). The van der Waals surface area contributed by atoms with Gasteiger partial charge in [-0.15, -0.1) is 6.58 Å². The average molecular weight is 217 g/mol. The molecule has 2 N–H and O–H groups in total. The van der Waals surface area contributed by atoms with Gasteiger partial charge in [0.15, 0.2) is 0 Å². The number of ether oxygens (including phenoxy) is 1. The lowest BCUT2D eigenvalue weighted by Crippen LogP contribution is -1.99. The zero-order valence-corrected chi connectivity index (χ0v) is 9.99. The minimum Gasteiger partial charge on any atom is -0.489 e. The molecule has 2 heteroatoms. The van der Waals surface area contributed by atoms with Crippen LogP contribution in [-0.2, 0) is 6.42 Å². The quantitative estimate of drug-likeness (QED) is 0.606. The van der Waals surface area contributed by atoms with Gasteiger partial charge in [-0.2, -0.15) is 0 Å². The van der Waals surface area contributed by atoms with Crippen molar-refractivity contribution in [2.75, 3.05) is 12.3 Å². The van der Waals surface area contributed by atoms with E-state index in [1.807, 2.05) is 30.4 Å². The van der Waals surface area contributed by atoms with Crippen LogP contribution in [0.2, 0.25) is 0 Å². The summed E-state index contributed by atoms with van der Waals surface area (Å²) in [6.45, 7) is 8.43. The maximum absolute atomic E-state index is 5.73. The number of nitrogen functional groups attached to an aromatic ring is 1. The van der Waals surface area contributed by atoms with Gasteiger partial charge in [0.2, 0.25) is 0 Å². The Morgan fingerprint density at radius 3 is 2.81 bits per heavy atom. The average Bonchev–Trinajstić information content (AvgIpc) is 2.21. The Bertz CT molecular complexity index is 390. The van der Waals surface area contributed by atoms with E-state index in [9.17, 15) is 0 Å². The van der Waals surface area contributed by atoms with Gasteiger partial charge in [-0.1, -0.05) is 11.6 Å². The summed E-state index contributed by atoms with van der Waals surface area (Å²) < 4.78 is 5.68. The molecule has 0 aliphatic rings. The lowest BCUT2D eigenvalue weighted by molar-refractivity contribution is 0.359. The summed E-state index contributed by atoms with van der Waals surface area (Å²) in [5.74, 6) is 0.881. The molecule has 0 amide bonds. The monoisotopic (exact) mass is 217 g/mol. The van der Waals surface area contributed by atoms with Gasteiger partial charge in [0.05, 0.1) is 0 Å². The maximum atomic E-state index is 5.73. The molecule has 0 aromatic heterocycles. The number of benzene rings is 1. The summed E-state index contributed by atoms with van der Waals surface area (Å²) in [4.78, 5) is 0. The van der Waals surface area contributed by atoms with Gasteiger partial charge in [0.1, 0.15) is 12.4 Å². The topological polar surface area (TPSA) is 35.2 Å². The molecular formula is C14H19NO. The first-order valence-corrected chi connectivity index (χ1v) is 5.39. The van der Waals surface area contributed by atoms with Crippen LogP contribution in [-0.4, -0.2) is 6.61 Å². The number of allylic oxidation sites excluding steroid dienone is 2. The van der Waals surface area contributed by atoms with Crippen molar-refractivity contribution >= 4 is 5.69 Å². The number of hydrogen-bond donors (Lipinski definition) is 1. The van der Waals surface area contributed by atoms with Gasteiger partial charge in [-0.25, -0.2) is 0 Å². The molecule has 0 unspecified atom stereocenters. The summed E-state index contributed by atoms with van der Waals surface area (Å²) in [6.07, 6.45) is 4.67. The van der Waals surface area contributed by atoms with E-state index in [2.05, 4.69) is 20.4 Å². The predicted octanol–water partition coefficient (Wildman–Crippen LogP) is 3.34. The molecular weight excluding hydrogens is 198 g/mol. The van der Waals surface area contributed by atoms with Crippen LogP contribution in [0.4, 0.5) is 5.69 Å². The van der Waals surface area contributed by atoms with E-state index in [1.54, 1.807) is 0 Å². The number of nitrogens with two attached hydrogens (primary N) is 1. The molecule has 0 spiro atoms. The van der Waals surface area contributed by atoms with Crippen molar-refractivity contribution in [3.63, 3.8) is 0 Å². The van der Waals surface area contributed by atoms with Crippen molar-refractivity contribution < 1.29 is 4.74 Å². The van der Waals surface area contributed by atoms with E-state index in [4.69, 9.17) is 10.5 Å². The molecule has 0 saturated carbocycles. The van der Waals surface area contributed by atoms with Crippen molar-refractivity contribution in [3.8, 4) is 5.75 Å². The summed E-state index contributed by atoms with van der Waals surface area (Å²) >= 11 is 0. The fourth-order valence-electron chi connectivity index (χ4n) is 1.35. The molecule has 0 radical (unpaired) electrons. The minimum atomic E-state index is 0.594. The molecule has 2 nitrogen and oxygen atoms in total. The zero-order chi connectivity index (χ0) is 12.0. The highest BCUT2D eigenvalue weighted by Crippen LogP contribution is 2.22. The molecule has 0 aliphatic heterocycles. The van der Waals surface area contributed by atoms with E-state index in [0.29, 0.717) is 6.61 Å². The molecule has 86 valence electrons. The summed E-state index contributed by atoms with van der Waals surface area (Å²) in [5, 5.41) is 0. The third-order valence-electron chi connectivity index (χ3n) is 2.18. The first-order valence-electron chi connectivity index (χ1n) is 5.39. The molecule has 0 heterocycles. The molecule has 0 saturated heterocycles. The van der Waals surface area contributed by atoms with Crippen molar-refractivity contribution in [3.05, 3.63) is 48.1 Å². The maximum Gasteiger partial charge on any atom is 0.123 e. The van der Waals surface area contributed by atoms with Gasteiger partial charge in [0, 0.05) is 5.69 Å². The highest BCUT2D eigenvalue weighted by Gasteiger charge is 2.02. The second kappa shape index (κ2) is 6.01. The summed E-state index contributed by atoms with van der Waals surface area (Å²) in [7, 11) is 0. The summed E-state index contributed by atoms with van der Waals surface area (Å²) in [5.41, 5.74) is 8.82. The Hall–Kier alpha value is -1.70. The molecule has 0 bridgehead atoms. The first-order chi connectivity index (χ1) is 7.63. The van der Waals surface area contributed by atoms with Crippen LogP contribution in [0.25, 0.3) is 0 Å². The van der Waals surface area contributed by atoms with Crippen LogP contribution >= 0.6 is 0 Å². The van der Waals surface area contributed by atoms with Crippen molar-refractivity contribution in [2.24, 2.45) is 0 Å². The van der Waals surface area contributed by atoms with Gasteiger partial charge in [-0.3, -0.25) is 0 Å². The van der Waals surface area contributed by atoms with Crippen LogP contribution in [0.5, 0.6) is 5.75 Å². The molecule has 0 atom stereocenters. The molecule has 1 aromatic carbocycles. The van der Waals surface area contributed by atoms with Crippen LogP contribution < -0.4 is 10.5 Å². The molecule has 0 aliphatic carbocycles. The third-order valence-corrected chi connectivity index (χ3v) is 2.18. The third kappa shape index (κ3) is 3.81. The largest absolute Gasteiger partial charge is 0.489 e. The SMILES string of the molecule is C=CCc1cc(N)ccc1OCC=C(C)C. The number of anilines is 1. The van der Waals surface area contributed by atoms with Crippen LogP contribution in [0.15, 0.2) is 42.5 Å². The Balaban J connectivity index is 2.77. The van der Waals surface area contributed by atoms with E-state index in [0.717, 1.165) is 23.4 Å². The number of hydrogen-bond acceptors (Lipinski definition) is 2. The van der Waals surface area contributed by atoms with Crippen LogP contribution in [0.1, 0.15) is 19.4 Å². The van der Waals surface area contributed by atoms with Crippen LogP contribution in [0, 0.1) is 0 Å². The molecule has 0 fully saturated rings. The van der Waals surface area contributed by atoms with Gasteiger partial charge < -0.3 is 10.5 Å². The molecule has 16 heavy (non-hydrogen) atoms. The fourth-order valence-corrected chi connectivity index (χ4v) is 1.35. The van der Waals surface area contributed by atoms with E-state index < -0.39 is 0 Å². The fraction of sp³-hybridized carbons (Fsp3) is 0.286. The number of rotatable bonds is 5. The van der Waals surface area contributed by atoms with Crippen molar-refractivity contribution in [1.29, 1.82) is 0 Å². The van der Waals surface area contributed by atoms with Gasteiger partial charge in [-0.05, 0) is 50.1 Å². The predicted molar refractivity (Wildman–Crippen MR) is 69.7 cm³/mol. The molecule has 1 aromatic rings. The second-order valence-electron chi connectivity index (χ2n) is 3.95. The Morgan fingerprint density at radius 2 is 2.19 bits per heavy atom. The Labute approximate surface area is 97.4 Å². The van der Waals surface area contributed by atoms with Crippen molar-refractivity contribution in [2.45, 2.75) is 20.3 Å². The zero-order valence-electron chi connectivity index (χ0n) is 9.99. The van der Waals surface area contributed by atoms with Gasteiger partial charge in [0.25, 0.3) is 0 Å². The highest BCUT2D eigenvalue weighted by molar-refractivity contribution is 5.48. The summed E-state index contributed by atoms with van der Waals surface area (Å²) in [6, 6.07) is 5.69. The first kappa shape index (κ1) is 12.4. The lowest BCUT2D eigenvalue weighted by atomic mass is 10.1. The Morgan fingerprint density at radius 1 is 1.44 bits per heavy atom. The van der Waals surface area contributed by atoms with Gasteiger partial charge >= 0.3 is 0 Å². The van der Waals surface area contributed by atoms with E-state index in [-0.39, 0.29) is 0 Å². The standard InChI is InChI=1S/C14H19NO/c1-4-5-12-10-13(15)6-7-14(12)16-9-8-11(2)3/h4,6-8,10H,1,5,9,15H2,2-3H3. The smallest absolute Gasteiger partial charge is 0.123 e. The Kier molecular flexibility index (Phi) is 4.65. The lowest BCUT2D eigenvalue weighted by Gasteiger charge is -2.09. The van der Waals surface area contributed by atoms with Crippen LogP contribution in [0.3, 0.4) is 0 Å². The van der Waals surface area contributed by atoms with E-state index in [1.165, 1.54) is 5.57 Å². The minimum absolute atomic E-state index is 0.594. The van der Waals surface area contributed by atoms with E-state index >= 15 is 0 Å². The second-order valence-corrected chi connectivity index (χ2v) is 3.95. The normalized spacial score (nSPS) is 9.62.